The SMILES string of the molecule is Cc1ccc(Cn2c(C)c(C=Nn3c(-c4cc5ccccc5o4)nc4ccccc4c3=O)c3ccccc32)cc1. The second-order valence-corrected chi connectivity index (χ2v) is 10.1. The summed E-state index contributed by atoms with van der Waals surface area (Å²) >= 11 is 0. The fourth-order valence-electron chi connectivity index (χ4n) is 5.30. The van der Waals surface area contributed by atoms with Crippen molar-refractivity contribution in [3.05, 3.63) is 136 Å². The summed E-state index contributed by atoms with van der Waals surface area (Å²) in [5.41, 5.74) is 6.67. The summed E-state index contributed by atoms with van der Waals surface area (Å²) in [6.07, 6.45) is 1.77. The highest BCUT2D eigenvalue weighted by Crippen LogP contribution is 2.28. The van der Waals surface area contributed by atoms with E-state index in [1.54, 1.807) is 12.3 Å². The van der Waals surface area contributed by atoms with Crippen LogP contribution in [0.1, 0.15) is 22.4 Å². The zero-order valence-corrected chi connectivity index (χ0v) is 22.2. The lowest BCUT2D eigenvalue weighted by atomic mass is 10.1. The molecule has 0 atom stereocenters. The van der Waals surface area contributed by atoms with E-state index in [0.29, 0.717) is 22.5 Å². The Morgan fingerprint density at radius 3 is 2.40 bits per heavy atom. The lowest BCUT2D eigenvalue weighted by Crippen LogP contribution is -2.20. The van der Waals surface area contributed by atoms with Gasteiger partial charge in [0.05, 0.1) is 17.1 Å². The molecule has 7 aromatic rings. The number of benzene rings is 4. The summed E-state index contributed by atoms with van der Waals surface area (Å²) < 4.78 is 9.77. The first-order valence-corrected chi connectivity index (χ1v) is 13.3. The molecule has 0 fully saturated rings. The van der Waals surface area contributed by atoms with E-state index in [1.807, 2.05) is 60.7 Å². The molecule has 6 heteroatoms. The largest absolute Gasteiger partial charge is 0.453 e. The number of fused-ring (bicyclic) bond motifs is 3. The zero-order chi connectivity index (χ0) is 27.2. The summed E-state index contributed by atoms with van der Waals surface area (Å²) in [5, 5.41) is 7.26. The van der Waals surface area contributed by atoms with E-state index < -0.39 is 0 Å². The van der Waals surface area contributed by atoms with Gasteiger partial charge in [-0.2, -0.15) is 9.78 Å². The second kappa shape index (κ2) is 9.50. The van der Waals surface area contributed by atoms with Gasteiger partial charge in [-0.05, 0) is 49.7 Å². The van der Waals surface area contributed by atoms with E-state index in [4.69, 9.17) is 14.5 Å². The van der Waals surface area contributed by atoms with Crippen molar-refractivity contribution in [3.8, 4) is 11.6 Å². The zero-order valence-electron chi connectivity index (χ0n) is 22.2. The van der Waals surface area contributed by atoms with Gasteiger partial charge in [-0.3, -0.25) is 4.79 Å². The molecule has 0 spiro atoms. The second-order valence-electron chi connectivity index (χ2n) is 10.1. The Kier molecular flexibility index (Phi) is 5.67. The number of aromatic nitrogens is 3. The maximum Gasteiger partial charge on any atom is 0.282 e. The molecule has 0 aliphatic heterocycles. The van der Waals surface area contributed by atoms with E-state index >= 15 is 0 Å². The standard InChI is InChI=1S/C34H26N4O2/c1-22-15-17-24(18-16-22)21-37-23(2)28(26-10-5-7-13-30(26)37)20-35-38-33(32-19-25-9-3-8-14-31(25)40-32)36-29-12-6-4-11-27(29)34(38)39/h3-20H,21H2,1-2H3. The quantitative estimate of drug-likeness (QED) is 0.223. The Labute approximate surface area is 230 Å². The smallest absolute Gasteiger partial charge is 0.282 e. The first-order chi connectivity index (χ1) is 19.6. The van der Waals surface area contributed by atoms with E-state index in [0.717, 1.165) is 39.7 Å². The van der Waals surface area contributed by atoms with Gasteiger partial charge >= 0.3 is 0 Å². The van der Waals surface area contributed by atoms with Crippen LogP contribution in [0.15, 0.2) is 117 Å². The van der Waals surface area contributed by atoms with Gasteiger partial charge in [0.25, 0.3) is 5.56 Å². The lowest BCUT2D eigenvalue weighted by molar-refractivity contribution is 0.616. The monoisotopic (exact) mass is 522 g/mol. The number of furan rings is 1. The molecule has 0 radical (unpaired) electrons. The van der Waals surface area contributed by atoms with Crippen molar-refractivity contribution >= 4 is 39.0 Å². The fourth-order valence-corrected chi connectivity index (χ4v) is 5.30. The number of hydrogen-bond donors (Lipinski definition) is 0. The normalized spacial score (nSPS) is 11.8. The molecule has 7 rings (SSSR count). The number of aryl methyl sites for hydroxylation is 1. The van der Waals surface area contributed by atoms with Gasteiger partial charge in [0.1, 0.15) is 5.58 Å². The van der Waals surface area contributed by atoms with Crippen molar-refractivity contribution in [1.29, 1.82) is 0 Å². The van der Waals surface area contributed by atoms with Crippen LogP contribution in [0.3, 0.4) is 0 Å². The summed E-state index contributed by atoms with van der Waals surface area (Å²) in [6.45, 7) is 4.93. The van der Waals surface area contributed by atoms with Gasteiger partial charge in [-0.25, -0.2) is 4.98 Å². The number of nitrogens with zero attached hydrogens (tertiary/aromatic N) is 4. The molecule has 0 aliphatic rings. The summed E-state index contributed by atoms with van der Waals surface area (Å²) in [6, 6.07) is 33.9. The third kappa shape index (κ3) is 4.01. The molecule has 0 saturated carbocycles. The van der Waals surface area contributed by atoms with E-state index in [2.05, 4.69) is 54.8 Å². The topological polar surface area (TPSA) is 65.3 Å². The minimum atomic E-state index is -0.252. The summed E-state index contributed by atoms with van der Waals surface area (Å²) in [5.74, 6) is 0.844. The first-order valence-electron chi connectivity index (χ1n) is 13.3. The Bertz CT molecular complexity index is 2100. The number of hydrogen-bond acceptors (Lipinski definition) is 4. The molecule has 6 nitrogen and oxygen atoms in total. The molecule has 40 heavy (non-hydrogen) atoms. The van der Waals surface area contributed by atoms with Gasteiger partial charge in [-0.1, -0.05) is 78.4 Å². The fraction of sp³-hybridized carbons (Fsp3) is 0.0882. The highest BCUT2D eigenvalue weighted by Gasteiger charge is 2.18. The van der Waals surface area contributed by atoms with E-state index in [9.17, 15) is 4.79 Å². The maximum atomic E-state index is 13.7. The predicted octanol–water partition coefficient (Wildman–Crippen LogP) is 7.31. The van der Waals surface area contributed by atoms with Crippen molar-refractivity contribution in [1.82, 2.24) is 14.2 Å². The van der Waals surface area contributed by atoms with Crippen LogP contribution in [0, 0.1) is 13.8 Å². The third-order valence-corrected chi connectivity index (χ3v) is 7.44. The Morgan fingerprint density at radius 1 is 0.850 bits per heavy atom. The van der Waals surface area contributed by atoms with Crippen LogP contribution in [0.25, 0.3) is 44.4 Å². The van der Waals surface area contributed by atoms with E-state index in [1.165, 1.54) is 15.8 Å². The molecule has 0 bridgehead atoms. The average Bonchev–Trinajstić information content (AvgIpc) is 3.53. The molecular weight excluding hydrogens is 496 g/mol. The third-order valence-electron chi connectivity index (χ3n) is 7.44. The molecule has 3 aromatic heterocycles. The minimum Gasteiger partial charge on any atom is -0.453 e. The van der Waals surface area contributed by atoms with E-state index in [-0.39, 0.29) is 5.56 Å². The molecule has 0 N–H and O–H groups in total. The Hall–Kier alpha value is -5.23. The molecule has 0 unspecified atom stereocenters. The minimum absolute atomic E-state index is 0.252. The number of para-hydroxylation sites is 3. The first kappa shape index (κ1) is 23.9. The average molecular weight is 523 g/mol. The van der Waals surface area contributed by atoms with Gasteiger partial charge in [0.15, 0.2) is 5.76 Å². The summed E-state index contributed by atoms with van der Waals surface area (Å²) in [7, 11) is 0. The Balaban J connectivity index is 1.40. The molecule has 0 aliphatic carbocycles. The van der Waals surface area contributed by atoms with Gasteiger partial charge in [0, 0.05) is 34.1 Å². The van der Waals surface area contributed by atoms with Crippen LogP contribution in [-0.4, -0.2) is 20.4 Å². The summed E-state index contributed by atoms with van der Waals surface area (Å²) in [4.78, 5) is 18.6. The van der Waals surface area contributed by atoms with Crippen molar-refractivity contribution in [3.63, 3.8) is 0 Å². The van der Waals surface area contributed by atoms with Crippen molar-refractivity contribution < 1.29 is 4.42 Å². The van der Waals surface area contributed by atoms with Gasteiger partial charge in [-0.15, -0.1) is 0 Å². The van der Waals surface area contributed by atoms with Crippen molar-refractivity contribution in [2.24, 2.45) is 5.10 Å². The van der Waals surface area contributed by atoms with Crippen LogP contribution < -0.4 is 5.56 Å². The van der Waals surface area contributed by atoms with Crippen LogP contribution in [0.5, 0.6) is 0 Å². The predicted molar refractivity (Wildman–Crippen MR) is 161 cm³/mol. The van der Waals surface area contributed by atoms with Crippen molar-refractivity contribution in [2.45, 2.75) is 20.4 Å². The highest BCUT2D eigenvalue weighted by molar-refractivity contribution is 6.01. The van der Waals surface area contributed by atoms with Crippen LogP contribution >= 0.6 is 0 Å². The van der Waals surface area contributed by atoms with Crippen LogP contribution in [0.4, 0.5) is 0 Å². The lowest BCUT2D eigenvalue weighted by Gasteiger charge is -2.09. The van der Waals surface area contributed by atoms with Crippen molar-refractivity contribution in [2.75, 3.05) is 0 Å². The Morgan fingerprint density at radius 2 is 1.57 bits per heavy atom. The highest BCUT2D eigenvalue weighted by atomic mass is 16.3. The maximum absolute atomic E-state index is 13.7. The van der Waals surface area contributed by atoms with Gasteiger partial charge in [0.2, 0.25) is 5.82 Å². The molecular formula is C34H26N4O2. The molecule has 0 amide bonds. The molecule has 3 heterocycles. The molecule has 194 valence electrons. The van der Waals surface area contributed by atoms with Crippen LogP contribution in [-0.2, 0) is 6.54 Å². The van der Waals surface area contributed by atoms with Crippen LogP contribution in [0.2, 0.25) is 0 Å². The number of rotatable bonds is 5. The molecule has 0 saturated heterocycles. The van der Waals surface area contributed by atoms with Gasteiger partial charge < -0.3 is 8.98 Å². The molecule has 4 aromatic carbocycles.